The zero-order chi connectivity index (χ0) is 56.4. The van der Waals surface area contributed by atoms with Gasteiger partial charge in [-0.05, 0) is 103 Å². The summed E-state index contributed by atoms with van der Waals surface area (Å²) in [5.74, 6) is -1.05. The quantitative estimate of drug-likeness (QED) is 0.0261. The van der Waals surface area contributed by atoms with Crippen LogP contribution in [0.2, 0.25) is 0 Å². The predicted octanol–water partition coefficient (Wildman–Crippen LogP) is 22.8. The normalized spacial score (nSPS) is 12.7. The van der Waals surface area contributed by atoms with Gasteiger partial charge in [0.15, 0.2) is 6.10 Å². The van der Waals surface area contributed by atoms with E-state index in [0.29, 0.717) is 12.8 Å². The Morgan fingerprint density at radius 3 is 0.859 bits per heavy atom. The van der Waals surface area contributed by atoms with Gasteiger partial charge in [0.2, 0.25) is 0 Å². The SMILES string of the molecule is CC/C=C\C/C=C\C/C=C\C/C=C\C/C=C\CC(=O)OC(COC(=O)CCCCCCC/C=C\CCCCCCC)COC(=O)CCCCCCCCCCCCCCCCCCCCC/C=C\C/C=C\CCCCCCC. The molecule has 6 heteroatoms. The third-order valence-electron chi connectivity index (χ3n) is 14.3. The molecule has 0 aliphatic heterocycles. The molecule has 1 unspecified atom stereocenters. The largest absolute Gasteiger partial charge is 0.462 e. The summed E-state index contributed by atoms with van der Waals surface area (Å²) in [6.07, 6.45) is 88.9. The Morgan fingerprint density at radius 2 is 0.538 bits per heavy atom. The van der Waals surface area contributed by atoms with Crippen molar-refractivity contribution in [3.8, 4) is 0 Å². The third-order valence-corrected chi connectivity index (χ3v) is 14.3. The third kappa shape index (κ3) is 63.2. The van der Waals surface area contributed by atoms with E-state index in [9.17, 15) is 14.4 Å². The molecule has 0 radical (unpaired) electrons. The Kier molecular flexibility index (Phi) is 62.7. The highest BCUT2D eigenvalue weighted by atomic mass is 16.6. The standard InChI is InChI=1S/C72H124O6/c1-4-7-10-13-16-19-22-25-28-29-30-31-32-33-34-35-36-37-38-39-40-41-42-43-45-47-50-53-56-59-62-65-71(74)77-68-69(67-76-70(73)64-61-58-55-52-49-46-27-24-21-18-15-12-9-6-3)78-72(75)66-63-60-57-54-51-48-44-26-23-20-17-14-11-8-5-2/h8,11,17,20,22,24-27,29-30,44,51,54,60,63,69H,4-7,9-10,12-16,18-19,21,23,28,31-43,45-50,52-53,55-59,61-62,64-68H2,1-3H3/b11-8-,20-17-,25-22-,27-24-,30-29-,44-26-,54-51-,63-60-. The fourth-order valence-corrected chi connectivity index (χ4v) is 9.37. The van der Waals surface area contributed by atoms with Gasteiger partial charge in [-0.2, -0.15) is 0 Å². The lowest BCUT2D eigenvalue weighted by atomic mass is 10.0. The molecule has 0 aromatic rings. The van der Waals surface area contributed by atoms with Crippen LogP contribution in [-0.2, 0) is 28.6 Å². The number of carbonyl (C=O) groups excluding carboxylic acids is 3. The van der Waals surface area contributed by atoms with Gasteiger partial charge in [-0.15, -0.1) is 0 Å². The van der Waals surface area contributed by atoms with Gasteiger partial charge in [-0.1, -0.05) is 298 Å². The number of esters is 3. The van der Waals surface area contributed by atoms with Gasteiger partial charge in [-0.3, -0.25) is 14.4 Å². The molecule has 0 rings (SSSR count). The molecule has 78 heavy (non-hydrogen) atoms. The molecular weight excluding hydrogens is 961 g/mol. The molecule has 0 aliphatic carbocycles. The maximum Gasteiger partial charge on any atom is 0.310 e. The maximum atomic E-state index is 12.8. The molecule has 0 aromatic heterocycles. The van der Waals surface area contributed by atoms with E-state index < -0.39 is 12.1 Å². The highest BCUT2D eigenvalue weighted by Gasteiger charge is 2.19. The number of unbranched alkanes of at least 4 members (excludes halogenated alkanes) is 34. The molecule has 0 saturated heterocycles. The van der Waals surface area contributed by atoms with E-state index in [-0.39, 0.29) is 31.6 Å². The Hall–Kier alpha value is -3.67. The molecule has 0 heterocycles. The van der Waals surface area contributed by atoms with Crippen molar-refractivity contribution in [1.82, 2.24) is 0 Å². The molecule has 0 aliphatic rings. The van der Waals surface area contributed by atoms with Crippen LogP contribution in [0.3, 0.4) is 0 Å². The Balaban J connectivity index is 4.24. The minimum Gasteiger partial charge on any atom is -0.462 e. The summed E-state index contributed by atoms with van der Waals surface area (Å²) in [7, 11) is 0. The summed E-state index contributed by atoms with van der Waals surface area (Å²) in [4.78, 5) is 38.2. The topological polar surface area (TPSA) is 78.9 Å². The smallest absolute Gasteiger partial charge is 0.310 e. The molecule has 0 saturated carbocycles. The van der Waals surface area contributed by atoms with Crippen LogP contribution in [0.5, 0.6) is 0 Å². The van der Waals surface area contributed by atoms with Crippen molar-refractivity contribution in [2.75, 3.05) is 13.2 Å². The van der Waals surface area contributed by atoms with Crippen LogP contribution in [0.4, 0.5) is 0 Å². The van der Waals surface area contributed by atoms with Crippen LogP contribution in [0, 0.1) is 0 Å². The predicted molar refractivity (Wildman–Crippen MR) is 339 cm³/mol. The van der Waals surface area contributed by atoms with Gasteiger partial charge >= 0.3 is 17.9 Å². The van der Waals surface area contributed by atoms with Gasteiger partial charge in [-0.25, -0.2) is 0 Å². The lowest BCUT2D eigenvalue weighted by Crippen LogP contribution is -2.30. The molecule has 0 fully saturated rings. The van der Waals surface area contributed by atoms with Gasteiger partial charge in [0.05, 0.1) is 6.42 Å². The number of hydrogen-bond acceptors (Lipinski definition) is 6. The Bertz CT molecular complexity index is 1530. The first-order valence-electron chi connectivity index (χ1n) is 33.2. The number of allylic oxidation sites excluding steroid dienone is 15. The molecule has 0 N–H and O–H groups in total. The highest BCUT2D eigenvalue weighted by molar-refractivity contribution is 5.72. The average Bonchev–Trinajstić information content (AvgIpc) is 3.44. The van der Waals surface area contributed by atoms with Crippen molar-refractivity contribution >= 4 is 17.9 Å². The van der Waals surface area contributed by atoms with Crippen LogP contribution < -0.4 is 0 Å². The second kappa shape index (κ2) is 65.8. The molecule has 0 spiro atoms. The molecule has 6 nitrogen and oxygen atoms in total. The van der Waals surface area contributed by atoms with Crippen molar-refractivity contribution in [3.63, 3.8) is 0 Å². The van der Waals surface area contributed by atoms with Crippen molar-refractivity contribution in [3.05, 3.63) is 97.2 Å². The molecule has 0 aromatic carbocycles. The summed E-state index contributed by atoms with van der Waals surface area (Å²) in [5, 5.41) is 0. The fraction of sp³-hybridized carbons (Fsp3) is 0.736. The molecule has 0 bridgehead atoms. The monoisotopic (exact) mass is 1080 g/mol. The zero-order valence-corrected chi connectivity index (χ0v) is 51.4. The van der Waals surface area contributed by atoms with Crippen LogP contribution in [-0.4, -0.2) is 37.2 Å². The van der Waals surface area contributed by atoms with Gasteiger partial charge in [0.25, 0.3) is 0 Å². The first kappa shape index (κ1) is 74.3. The van der Waals surface area contributed by atoms with Gasteiger partial charge < -0.3 is 14.2 Å². The summed E-state index contributed by atoms with van der Waals surface area (Å²) >= 11 is 0. The van der Waals surface area contributed by atoms with Crippen LogP contribution >= 0.6 is 0 Å². The van der Waals surface area contributed by atoms with E-state index in [1.807, 2.05) is 6.08 Å². The summed E-state index contributed by atoms with van der Waals surface area (Å²) < 4.78 is 16.8. The van der Waals surface area contributed by atoms with Crippen molar-refractivity contribution in [2.24, 2.45) is 0 Å². The maximum absolute atomic E-state index is 12.8. The van der Waals surface area contributed by atoms with E-state index in [2.05, 4.69) is 106 Å². The number of ether oxygens (including phenoxy) is 3. The van der Waals surface area contributed by atoms with Crippen LogP contribution in [0.1, 0.15) is 323 Å². The Morgan fingerprint density at radius 1 is 0.282 bits per heavy atom. The van der Waals surface area contributed by atoms with Gasteiger partial charge in [0, 0.05) is 12.8 Å². The van der Waals surface area contributed by atoms with Gasteiger partial charge in [0.1, 0.15) is 13.2 Å². The van der Waals surface area contributed by atoms with E-state index in [4.69, 9.17) is 14.2 Å². The lowest BCUT2D eigenvalue weighted by Gasteiger charge is -2.18. The average molecular weight is 1090 g/mol. The second-order valence-electron chi connectivity index (χ2n) is 22.0. The first-order valence-corrected chi connectivity index (χ1v) is 33.2. The highest BCUT2D eigenvalue weighted by Crippen LogP contribution is 2.17. The minimum atomic E-state index is -0.835. The second-order valence-corrected chi connectivity index (χ2v) is 22.0. The van der Waals surface area contributed by atoms with Crippen molar-refractivity contribution < 1.29 is 28.6 Å². The van der Waals surface area contributed by atoms with Crippen molar-refractivity contribution in [1.29, 1.82) is 0 Å². The van der Waals surface area contributed by atoms with E-state index in [1.54, 1.807) is 6.08 Å². The summed E-state index contributed by atoms with van der Waals surface area (Å²) in [6, 6.07) is 0. The van der Waals surface area contributed by atoms with E-state index in [0.717, 1.165) is 89.9 Å². The summed E-state index contributed by atoms with van der Waals surface area (Å²) in [5.41, 5.74) is 0. The number of hydrogen-bond donors (Lipinski definition) is 0. The molecule has 1 atom stereocenters. The zero-order valence-electron chi connectivity index (χ0n) is 51.4. The minimum absolute atomic E-state index is 0.0956. The van der Waals surface area contributed by atoms with Crippen LogP contribution in [0.25, 0.3) is 0 Å². The lowest BCUT2D eigenvalue weighted by molar-refractivity contribution is -0.166. The number of rotatable bonds is 60. The van der Waals surface area contributed by atoms with Crippen LogP contribution in [0.15, 0.2) is 97.2 Å². The fourth-order valence-electron chi connectivity index (χ4n) is 9.37. The number of carbonyl (C=O) groups is 3. The summed E-state index contributed by atoms with van der Waals surface area (Å²) in [6.45, 7) is 6.44. The molecule has 448 valence electrons. The first-order chi connectivity index (χ1) is 38.5. The Labute approximate surface area is 483 Å². The van der Waals surface area contributed by atoms with E-state index >= 15 is 0 Å². The van der Waals surface area contributed by atoms with Crippen molar-refractivity contribution in [2.45, 2.75) is 329 Å². The van der Waals surface area contributed by atoms with E-state index in [1.165, 1.54) is 193 Å². The molecule has 0 amide bonds. The molecular formula is C72H124O6.